The van der Waals surface area contributed by atoms with Crippen LogP contribution in [0.25, 0.3) is 0 Å². The lowest BCUT2D eigenvalue weighted by Gasteiger charge is -2.21. The van der Waals surface area contributed by atoms with Crippen LogP contribution in [0.3, 0.4) is 0 Å². The molecule has 3 aromatic rings. The number of sulfonamides is 1. The van der Waals surface area contributed by atoms with Crippen LogP contribution in [0, 0.1) is 0 Å². The molecule has 4 rings (SSSR count). The van der Waals surface area contributed by atoms with Crippen LogP contribution < -0.4 is 14.9 Å². The van der Waals surface area contributed by atoms with Crippen molar-refractivity contribution in [1.82, 2.24) is 10.1 Å². The Morgan fingerprint density at radius 2 is 1.76 bits per heavy atom. The van der Waals surface area contributed by atoms with Crippen molar-refractivity contribution in [3.05, 3.63) is 92.9 Å². The maximum Gasteiger partial charge on any atom is 0.241 e. The molecule has 2 N–H and O–H groups in total. The largest absolute Gasteiger partial charge is 0.497 e. The van der Waals surface area contributed by atoms with E-state index in [4.69, 9.17) is 39.5 Å². The fraction of sp³-hybridized carbons (Fsp3) is 0.174. The molecule has 0 saturated heterocycles. The summed E-state index contributed by atoms with van der Waals surface area (Å²) in [5.74, 6) is 0.748. The van der Waals surface area contributed by atoms with E-state index in [2.05, 4.69) is 15.2 Å². The van der Waals surface area contributed by atoms with Gasteiger partial charge in [-0.3, -0.25) is 0 Å². The van der Waals surface area contributed by atoms with Crippen molar-refractivity contribution in [2.75, 3.05) is 7.11 Å². The Labute approximate surface area is 207 Å². The summed E-state index contributed by atoms with van der Waals surface area (Å²) in [5, 5.41) is 5.56. The third kappa shape index (κ3) is 5.45. The number of nitrogens with zero attached hydrogens (tertiary/aromatic N) is 1. The smallest absolute Gasteiger partial charge is 0.241 e. The van der Waals surface area contributed by atoms with E-state index in [1.54, 1.807) is 37.4 Å². The third-order valence-corrected chi connectivity index (χ3v) is 7.50. The van der Waals surface area contributed by atoms with Crippen molar-refractivity contribution in [2.24, 2.45) is 5.10 Å². The van der Waals surface area contributed by atoms with E-state index in [-0.39, 0.29) is 10.9 Å². The summed E-state index contributed by atoms with van der Waals surface area (Å²) in [4.78, 5) is 0.0448. The predicted octanol–water partition coefficient (Wildman–Crippen LogP) is 5.77. The number of hydrogen-bond acceptors (Lipinski definition) is 5. The molecule has 0 aromatic heterocycles. The minimum absolute atomic E-state index is 0.0448. The quantitative estimate of drug-likeness (QED) is 0.411. The normalized spacial score (nSPS) is 16.7. The number of hydrogen-bond donors (Lipinski definition) is 2. The van der Waals surface area contributed by atoms with Crippen molar-refractivity contribution in [2.45, 2.75) is 23.4 Å². The summed E-state index contributed by atoms with van der Waals surface area (Å²) in [5.41, 5.74) is 5.22. The second-order valence-corrected chi connectivity index (χ2v) is 10.4. The average Bonchev–Trinajstić information content (AvgIpc) is 3.28. The second kappa shape index (κ2) is 9.91. The average molecular weight is 525 g/mol. The highest BCUT2D eigenvalue weighted by molar-refractivity contribution is 7.89. The summed E-state index contributed by atoms with van der Waals surface area (Å²) in [7, 11) is -2.33. The number of hydrazone groups is 1. The summed E-state index contributed by atoms with van der Waals surface area (Å²) < 4.78 is 34.4. The molecule has 3 aromatic carbocycles. The van der Waals surface area contributed by atoms with Crippen LogP contribution in [0.4, 0.5) is 0 Å². The van der Waals surface area contributed by atoms with Crippen molar-refractivity contribution >= 4 is 50.5 Å². The number of nitrogens with one attached hydrogen (secondary N) is 2. The lowest BCUT2D eigenvalue weighted by molar-refractivity contribution is 0.414. The molecule has 1 aliphatic rings. The molecule has 0 saturated carbocycles. The first-order chi connectivity index (χ1) is 15.8. The topological polar surface area (TPSA) is 79.8 Å². The first-order valence-electron chi connectivity index (χ1n) is 9.95. The summed E-state index contributed by atoms with van der Waals surface area (Å²) in [6.07, 6.45) is 0.466. The summed E-state index contributed by atoms with van der Waals surface area (Å²) in [6.45, 7) is 0. The summed E-state index contributed by atoms with van der Waals surface area (Å²) >= 11 is 18.5. The molecule has 2 unspecified atom stereocenters. The van der Waals surface area contributed by atoms with Crippen LogP contribution >= 0.6 is 34.8 Å². The van der Waals surface area contributed by atoms with Gasteiger partial charge in [0.2, 0.25) is 10.0 Å². The van der Waals surface area contributed by atoms with Crippen LogP contribution in [0.15, 0.2) is 76.7 Å². The number of rotatable bonds is 7. The fourth-order valence-corrected chi connectivity index (χ4v) is 5.60. The third-order valence-electron chi connectivity index (χ3n) is 5.28. The van der Waals surface area contributed by atoms with Gasteiger partial charge in [0.25, 0.3) is 0 Å². The molecule has 0 spiro atoms. The lowest BCUT2D eigenvalue weighted by atomic mass is 9.96. The van der Waals surface area contributed by atoms with Crippen LogP contribution in [0.1, 0.15) is 29.6 Å². The minimum atomic E-state index is -3.94. The molecule has 2 atom stereocenters. The summed E-state index contributed by atoms with van der Waals surface area (Å²) in [6, 6.07) is 17.6. The molecule has 0 bridgehead atoms. The Morgan fingerprint density at radius 3 is 2.42 bits per heavy atom. The zero-order valence-corrected chi connectivity index (χ0v) is 20.5. The van der Waals surface area contributed by atoms with E-state index in [0.29, 0.717) is 32.8 Å². The van der Waals surface area contributed by atoms with E-state index in [0.717, 1.165) is 11.3 Å². The zero-order chi connectivity index (χ0) is 23.6. The van der Waals surface area contributed by atoms with E-state index < -0.39 is 16.1 Å². The highest BCUT2D eigenvalue weighted by Crippen LogP contribution is 2.34. The van der Waals surface area contributed by atoms with Gasteiger partial charge in [-0.2, -0.15) is 9.82 Å². The molecular formula is C23H20Cl3N3O3S. The van der Waals surface area contributed by atoms with Crippen LogP contribution in [-0.4, -0.2) is 21.2 Å². The highest BCUT2D eigenvalue weighted by Gasteiger charge is 2.32. The van der Waals surface area contributed by atoms with E-state index >= 15 is 0 Å². The Hall–Kier alpha value is -2.29. The number of benzene rings is 3. The van der Waals surface area contributed by atoms with Gasteiger partial charge in [0.1, 0.15) is 5.75 Å². The number of halogens is 3. The van der Waals surface area contributed by atoms with Gasteiger partial charge >= 0.3 is 0 Å². The SMILES string of the molecule is COc1ccc(C2CC(C(NS(=O)(=O)c3cccc(Cl)c3)c3ccc(Cl)cc3Cl)=NN2)cc1. The molecular weight excluding hydrogens is 505 g/mol. The molecule has 172 valence electrons. The van der Waals surface area contributed by atoms with Crippen molar-refractivity contribution in [3.8, 4) is 5.75 Å². The fourth-order valence-electron chi connectivity index (χ4n) is 3.58. The van der Waals surface area contributed by atoms with E-state index in [9.17, 15) is 8.42 Å². The van der Waals surface area contributed by atoms with Gasteiger partial charge in [-0.05, 0) is 53.6 Å². The molecule has 6 nitrogen and oxygen atoms in total. The molecule has 1 heterocycles. The highest BCUT2D eigenvalue weighted by atomic mass is 35.5. The molecule has 33 heavy (non-hydrogen) atoms. The van der Waals surface area contributed by atoms with Gasteiger partial charge in [-0.1, -0.05) is 59.1 Å². The monoisotopic (exact) mass is 523 g/mol. The molecule has 0 amide bonds. The van der Waals surface area contributed by atoms with Crippen molar-refractivity contribution in [3.63, 3.8) is 0 Å². The van der Waals surface area contributed by atoms with Gasteiger partial charge in [0, 0.05) is 21.5 Å². The minimum Gasteiger partial charge on any atom is -0.497 e. The molecule has 10 heteroatoms. The maximum absolute atomic E-state index is 13.2. The Kier molecular flexibility index (Phi) is 7.16. The Balaban J connectivity index is 1.66. The predicted molar refractivity (Wildman–Crippen MR) is 132 cm³/mol. The standard InChI is InChI=1S/C23H20Cl3N3O3S/c1-32-17-8-5-14(6-9-17)21-13-22(28-27-21)23(19-10-7-16(25)12-20(19)26)29-33(30,31)18-4-2-3-15(24)11-18/h2-12,21,23,27,29H,13H2,1H3. The van der Waals surface area contributed by atoms with E-state index in [1.807, 2.05) is 24.3 Å². The van der Waals surface area contributed by atoms with Crippen LogP contribution in [0.5, 0.6) is 5.75 Å². The Bertz CT molecular complexity index is 1300. The Morgan fingerprint density at radius 1 is 1.03 bits per heavy atom. The first kappa shape index (κ1) is 23.9. The van der Waals surface area contributed by atoms with E-state index in [1.165, 1.54) is 12.1 Å². The molecule has 0 aliphatic carbocycles. The second-order valence-electron chi connectivity index (χ2n) is 7.44. The first-order valence-corrected chi connectivity index (χ1v) is 12.6. The number of ether oxygens (including phenoxy) is 1. The van der Waals surface area contributed by atoms with Crippen LogP contribution in [0.2, 0.25) is 15.1 Å². The van der Waals surface area contributed by atoms with Gasteiger partial charge in [0.05, 0.1) is 29.8 Å². The maximum atomic E-state index is 13.2. The van der Waals surface area contributed by atoms with Gasteiger partial charge in [-0.15, -0.1) is 0 Å². The van der Waals surface area contributed by atoms with Crippen molar-refractivity contribution < 1.29 is 13.2 Å². The van der Waals surface area contributed by atoms with Gasteiger partial charge in [0.15, 0.2) is 0 Å². The van der Waals surface area contributed by atoms with Crippen molar-refractivity contribution in [1.29, 1.82) is 0 Å². The zero-order valence-electron chi connectivity index (χ0n) is 17.4. The molecule has 1 aliphatic heterocycles. The lowest BCUT2D eigenvalue weighted by Crippen LogP contribution is -2.33. The number of methoxy groups -OCH3 is 1. The van der Waals surface area contributed by atoms with Gasteiger partial charge in [-0.25, -0.2) is 8.42 Å². The molecule has 0 radical (unpaired) electrons. The van der Waals surface area contributed by atoms with Gasteiger partial charge < -0.3 is 10.2 Å². The van der Waals surface area contributed by atoms with Crippen LogP contribution in [-0.2, 0) is 10.0 Å². The molecule has 0 fully saturated rings.